The molecule has 58 heavy (non-hydrogen) atoms. The summed E-state index contributed by atoms with van der Waals surface area (Å²) in [4.78, 5) is 2.72. The van der Waals surface area contributed by atoms with Crippen molar-refractivity contribution in [2.45, 2.75) is 84.1 Å². The van der Waals surface area contributed by atoms with E-state index >= 15 is 0 Å². The number of hydrogen-bond acceptors (Lipinski definition) is 2. The number of fused-ring (bicyclic) bond motifs is 4. The molecule has 0 spiro atoms. The van der Waals surface area contributed by atoms with Crippen molar-refractivity contribution in [3.63, 3.8) is 0 Å². The molecule has 3 unspecified atom stereocenters. The van der Waals surface area contributed by atoms with E-state index in [1.54, 1.807) is 0 Å². The Morgan fingerprint density at radius 3 is 1.93 bits per heavy atom. The van der Waals surface area contributed by atoms with E-state index < -0.39 is 0 Å². The van der Waals surface area contributed by atoms with Crippen LogP contribution in [-0.4, -0.2) is 5.54 Å². The van der Waals surface area contributed by atoms with Crippen molar-refractivity contribution in [2.24, 2.45) is 5.92 Å². The van der Waals surface area contributed by atoms with Crippen LogP contribution in [0.1, 0.15) is 84.4 Å². The van der Waals surface area contributed by atoms with E-state index in [1.807, 2.05) is 0 Å². The molecule has 0 fully saturated rings. The van der Waals surface area contributed by atoms with E-state index in [9.17, 15) is 0 Å². The predicted octanol–water partition coefficient (Wildman–Crippen LogP) is 15.9. The summed E-state index contributed by atoms with van der Waals surface area (Å²) in [5.74, 6) is 0.396. The molecule has 7 aromatic carbocycles. The fraction of sp³-hybridized carbons (Fsp3) is 0.250. The van der Waals surface area contributed by atoms with Crippen LogP contribution in [0.25, 0.3) is 55.0 Å². The fourth-order valence-electron chi connectivity index (χ4n) is 9.51. The normalized spacial score (nSPS) is 18.6. The number of furan rings is 1. The minimum atomic E-state index is -0.378. The van der Waals surface area contributed by atoms with Crippen molar-refractivity contribution in [2.75, 3.05) is 4.90 Å². The second-order valence-corrected chi connectivity index (χ2v) is 18.8. The molecule has 0 N–H and O–H groups in total. The molecule has 3 atom stereocenters. The van der Waals surface area contributed by atoms with E-state index in [1.165, 1.54) is 55.4 Å². The summed E-state index contributed by atoms with van der Waals surface area (Å²) in [6.07, 6.45) is 5.94. The lowest BCUT2D eigenvalue weighted by molar-refractivity contribution is 0.273. The molecule has 9 rings (SSSR count). The molecule has 0 aliphatic heterocycles. The summed E-state index contributed by atoms with van der Waals surface area (Å²) in [5.41, 5.74) is 12.9. The fourth-order valence-corrected chi connectivity index (χ4v) is 9.51. The lowest BCUT2D eigenvalue weighted by atomic mass is 9.65. The lowest BCUT2D eigenvalue weighted by Crippen LogP contribution is -2.54. The summed E-state index contributed by atoms with van der Waals surface area (Å²) in [6, 6.07) is 56.2. The molecule has 0 amide bonds. The average molecular weight is 758 g/mol. The third kappa shape index (κ3) is 6.44. The topological polar surface area (TPSA) is 16.4 Å². The van der Waals surface area contributed by atoms with Gasteiger partial charge in [-0.05, 0) is 105 Å². The molecule has 2 heteroatoms. The second-order valence-electron chi connectivity index (χ2n) is 18.8. The Morgan fingerprint density at radius 1 is 0.586 bits per heavy atom. The molecular formula is C56H55NO. The number of rotatable bonds is 6. The number of para-hydroxylation sites is 2. The zero-order valence-electron chi connectivity index (χ0n) is 35.3. The zero-order chi connectivity index (χ0) is 40.4. The molecule has 1 aromatic heterocycles. The van der Waals surface area contributed by atoms with Gasteiger partial charge >= 0.3 is 0 Å². The summed E-state index contributed by atoms with van der Waals surface area (Å²) in [7, 11) is 0. The number of nitrogens with zero attached hydrogens (tertiary/aromatic N) is 1. The third-order valence-electron chi connectivity index (χ3n) is 13.0. The first-order chi connectivity index (χ1) is 27.8. The molecule has 1 aliphatic rings. The van der Waals surface area contributed by atoms with Crippen LogP contribution in [0.15, 0.2) is 168 Å². The molecule has 0 saturated carbocycles. The van der Waals surface area contributed by atoms with Crippen molar-refractivity contribution < 1.29 is 4.42 Å². The van der Waals surface area contributed by atoms with Gasteiger partial charge in [0.25, 0.3) is 0 Å². The van der Waals surface area contributed by atoms with Gasteiger partial charge in [-0.15, -0.1) is 0 Å². The van der Waals surface area contributed by atoms with Gasteiger partial charge < -0.3 is 9.32 Å². The number of hydrogen-bond donors (Lipinski definition) is 0. The van der Waals surface area contributed by atoms with Gasteiger partial charge in [-0.2, -0.15) is 0 Å². The van der Waals surface area contributed by atoms with Crippen LogP contribution < -0.4 is 4.90 Å². The number of benzene rings is 7. The van der Waals surface area contributed by atoms with E-state index in [-0.39, 0.29) is 22.3 Å². The Bertz CT molecular complexity index is 2790. The SMILES string of the molecule is CC1CC=CC(c2cc(C(C)(C)C)cc(C(C)(C)C)c2)C1(C)N(c1ccc2oc3ccccc3c2c1)c1ccccc1-c1cccc2cccc(-c3ccccc3)c12. The van der Waals surface area contributed by atoms with Crippen molar-refractivity contribution >= 4 is 44.1 Å². The smallest absolute Gasteiger partial charge is 0.135 e. The van der Waals surface area contributed by atoms with Crippen molar-refractivity contribution in [1.29, 1.82) is 0 Å². The maximum absolute atomic E-state index is 6.43. The van der Waals surface area contributed by atoms with Crippen LogP contribution in [0.3, 0.4) is 0 Å². The maximum atomic E-state index is 6.43. The Kier molecular flexibility index (Phi) is 9.23. The molecule has 1 aliphatic carbocycles. The van der Waals surface area contributed by atoms with E-state index in [0.29, 0.717) is 5.92 Å². The van der Waals surface area contributed by atoms with Gasteiger partial charge in [0.05, 0.1) is 5.54 Å². The van der Waals surface area contributed by atoms with Crippen molar-refractivity contribution in [3.05, 3.63) is 181 Å². The highest BCUT2D eigenvalue weighted by Crippen LogP contribution is 2.53. The highest BCUT2D eigenvalue weighted by Gasteiger charge is 2.47. The van der Waals surface area contributed by atoms with Gasteiger partial charge in [0, 0.05) is 33.6 Å². The molecule has 2 nitrogen and oxygen atoms in total. The molecule has 0 radical (unpaired) electrons. The van der Waals surface area contributed by atoms with Gasteiger partial charge in [-0.25, -0.2) is 0 Å². The quantitative estimate of drug-likeness (QED) is 0.157. The largest absolute Gasteiger partial charge is 0.456 e. The maximum Gasteiger partial charge on any atom is 0.135 e. The monoisotopic (exact) mass is 757 g/mol. The van der Waals surface area contributed by atoms with Crippen molar-refractivity contribution in [1.82, 2.24) is 0 Å². The Morgan fingerprint density at radius 2 is 1.21 bits per heavy atom. The van der Waals surface area contributed by atoms with Crippen molar-refractivity contribution in [3.8, 4) is 22.3 Å². The average Bonchev–Trinajstić information content (AvgIpc) is 3.59. The molecule has 0 saturated heterocycles. The molecule has 1 heterocycles. The van der Waals surface area contributed by atoms with Crippen LogP contribution in [0.5, 0.6) is 0 Å². The first kappa shape index (κ1) is 37.7. The highest BCUT2D eigenvalue weighted by molar-refractivity contribution is 6.09. The molecule has 8 aromatic rings. The van der Waals surface area contributed by atoms with E-state index in [4.69, 9.17) is 4.42 Å². The Hall–Kier alpha value is -5.86. The van der Waals surface area contributed by atoms with Crippen LogP contribution in [0, 0.1) is 5.92 Å². The standard InChI is InChI=1S/C56H55NO/c1-37-19-16-28-49(40-33-41(54(2,3)4)35-42(34-40)55(5,6)7)56(37,8)57(43-31-32-52-48(36-43)46-25-13-15-30-51(46)58-52)50-29-14-12-24-45(50)47-27-18-23-39-22-17-26-44(53(39)47)38-20-10-9-11-21-38/h9-18,20-37,49H,19H2,1-8H3. The van der Waals surface area contributed by atoms with E-state index in [2.05, 4.69) is 224 Å². The third-order valence-corrected chi connectivity index (χ3v) is 13.0. The first-order valence-corrected chi connectivity index (χ1v) is 21.0. The second kappa shape index (κ2) is 14.2. The summed E-state index contributed by atoms with van der Waals surface area (Å²) in [6.45, 7) is 19.1. The highest BCUT2D eigenvalue weighted by atomic mass is 16.3. The van der Waals surface area contributed by atoms with Crippen LogP contribution in [0.2, 0.25) is 0 Å². The van der Waals surface area contributed by atoms with Gasteiger partial charge in [0.1, 0.15) is 11.2 Å². The van der Waals surface area contributed by atoms with Gasteiger partial charge in [-0.1, -0.05) is 182 Å². The van der Waals surface area contributed by atoms with Crippen LogP contribution in [0.4, 0.5) is 11.4 Å². The van der Waals surface area contributed by atoms with Crippen LogP contribution in [-0.2, 0) is 10.8 Å². The molecule has 290 valence electrons. The van der Waals surface area contributed by atoms with E-state index in [0.717, 1.165) is 34.0 Å². The molecular weight excluding hydrogens is 703 g/mol. The zero-order valence-corrected chi connectivity index (χ0v) is 35.3. The predicted molar refractivity (Wildman–Crippen MR) is 249 cm³/mol. The lowest BCUT2D eigenvalue weighted by Gasteiger charge is -2.53. The minimum Gasteiger partial charge on any atom is -0.456 e. The van der Waals surface area contributed by atoms with Crippen LogP contribution >= 0.6 is 0 Å². The van der Waals surface area contributed by atoms with Gasteiger partial charge in [-0.3, -0.25) is 0 Å². The van der Waals surface area contributed by atoms with Gasteiger partial charge in [0.2, 0.25) is 0 Å². The summed E-state index contributed by atoms with van der Waals surface area (Å²) >= 11 is 0. The summed E-state index contributed by atoms with van der Waals surface area (Å²) in [5, 5.41) is 4.78. The minimum absolute atomic E-state index is 0.000890. The first-order valence-electron chi connectivity index (χ1n) is 21.0. The number of allylic oxidation sites excluding steroid dienone is 1. The molecule has 0 bridgehead atoms. The summed E-state index contributed by atoms with van der Waals surface area (Å²) < 4.78 is 6.43. The Balaban J connectivity index is 1.35. The van der Waals surface area contributed by atoms with Gasteiger partial charge in [0.15, 0.2) is 0 Å². The Labute approximate surface area is 344 Å². The number of anilines is 2.